The number of hydrogen-bond acceptors (Lipinski definition) is 9. The predicted octanol–water partition coefficient (Wildman–Crippen LogP) is 3.60. The molecule has 46 heavy (non-hydrogen) atoms. The topological polar surface area (TPSA) is 156 Å². The van der Waals surface area contributed by atoms with Gasteiger partial charge in [-0.3, -0.25) is 29.0 Å². The number of nitrogens with zero attached hydrogens (tertiary/aromatic N) is 2. The molecule has 1 aromatic carbocycles. The van der Waals surface area contributed by atoms with Gasteiger partial charge in [-0.15, -0.1) is 0 Å². The lowest BCUT2D eigenvalue weighted by atomic mass is 9.89. The molecule has 0 aliphatic carbocycles. The Morgan fingerprint density at radius 3 is 2.37 bits per heavy atom. The minimum Gasteiger partial charge on any atom is -0.468 e. The number of fused-ring (bicyclic) bond motifs is 1. The summed E-state index contributed by atoms with van der Waals surface area (Å²) in [6, 6.07) is 7.65. The third-order valence-electron chi connectivity index (χ3n) is 8.08. The van der Waals surface area contributed by atoms with Crippen molar-refractivity contribution in [2.24, 2.45) is 11.3 Å². The van der Waals surface area contributed by atoms with E-state index in [-0.39, 0.29) is 17.8 Å². The van der Waals surface area contributed by atoms with Crippen LogP contribution < -0.4 is 16.1 Å². The minimum atomic E-state index is -1.05. The van der Waals surface area contributed by atoms with E-state index in [0.717, 1.165) is 16.5 Å². The second-order valence-corrected chi connectivity index (χ2v) is 12.9. The first kappa shape index (κ1) is 36.2. The number of ether oxygens (including phenoxy) is 2. The summed E-state index contributed by atoms with van der Waals surface area (Å²) in [4.78, 5) is 68.2. The number of carbonyl (C=O) groups excluding carboxylic acids is 5. The molecule has 0 saturated carbocycles. The Bertz CT molecular complexity index is 1500. The van der Waals surface area contributed by atoms with Gasteiger partial charge < -0.3 is 20.1 Å². The van der Waals surface area contributed by atoms with E-state index in [1.165, 1.54) is 19.0 Å². The van der Waals surface area contributed by atoms with Gasteiger partial charge in [0.1, 0.15) is 23.7 Å². The molecule has 2 heterocycles. The van der Waals surface area contributed by atoms with E-state index in [1.807, 2.05) is 50.3 Å². The molecule has 0 radical (unpaired) electrons. The predicted molar refractivity (Wildman–Crippen MR) is 174 cm³/mol. The van der Waals surface area contributed by atoms with E-state index >= 15 is 0 Å². The van der Waals surface area contributed by atoms with Crippen molar-refractivity contribution in [3.05, 3.63) is 47.7 Å². The van der Waals surface area contributed by atoms with Crippen LogP contribution in [0.1, 0.15) is 85.6 Å². The zero-order valence-electron chi connectivity index (χ0n) is 28.2. The van der Waals surface area contributed by atoms with Gasteiger partial charge in [-0.25, -0.2) is 10.4 Å². The van der Waals surface area contributed by atoms with E-state index in [9.17, 15) is 24.0 Å². The van der Waals surface area contributed by atoms with Crippen molar-refractivity contribution in [3.8, 4) is 0 Å². The first-order chi connectivity index (χ1) is 21.5. The molecule has 1 aliphatic rings. The monoisotopic (exact) mass is 637 g/mol. The maximum atomic E-state index is 13.4. The number of aromatic nitrogens is 1. The van der Waals surface area contributed by atoms with Crippen LogP contribution >= 0.6 is 0 Å². The number of pyridine rings is 1. The Morgan fingerprint density at radius 2 is 1.74 bits per heavy atom. The number of carbonyl (C=O) groups is 5. The van der Waals surface area contributed by atoms with Gasteiger partial charge in [0.15, 0.2) is 0 Å². The molecule has 3 amide bonds. The highest BCUT2D eigenvalue weighted by atomic mass is 16.5. The first-order valence-corrected chi connectivity index (χ1v) is 15.5. The van der Waals surface area contributed by atoms with Gasteiger partial charge in [0, 0.05) is 18.9 Å². The molecule has 1 fully saturated rings. The minimum absolute atomic E-state index is 0.267. The zero-order chi connectivity index (χ0) is 34.4. The van der Waals surface area contributed by atoms with Gasteiger partial charge in [0.2, 0.25) is 11.8 Å². The SMILES string of the molecule is COC(=O)C1(C)CCCN(C(=O)[C@H](C)NC(=O)[C@@H](NC(=O)C(C)(C)C=Cc2ccc3ccc([C@@H](C)OC(C)=O)nc3c2)C(C)C)N1. The summed E-state index contributed by atoms with van der Waals surface area (Å²) in [6.45, 7) is 13.8. The highest BCUT2D eigenvalue weighted by molar-refractivity contribution is 5.94. The Balaban J connectivity index is 1.67. The van der Waals surface area contributed by atoms with Crippen molar-refractivity contribution >= 4 is 46.6 Å². The zero-order valence-corrected chi connectivity index (χ0v) is 28.2. The van der Waals surface area contributed by atoms with Crippen LogP contribution in [0.2, 0.25) is 0 Å². The van der Waals surface area contributed by atoms with Crippen molar-refractivity contribution in [2.75, 3.05) is 13.7 Å². The van der Waals surface area contributed by atoms with Crippen LogP contribution in [-0.4, -0.2) is 70.9 Å². The fourth-order valence-corrected chi connectivity index (χ4v) is 5.17. The summed E-state index contributed by atoms with van der Waals surface area (Å²) < 4.78 is 10.1. The van der Waals surface area contributed by atoms with Crippen LogP contribution in [0.5, 0.6) is 0 Å². The van der Waals surface area contributed by atoms with Gasteiger partial charge in [0.25, 0.3) is 5.91 Å². The Morgan fingerprint density at radius 1 is 1.07 bits per heavy atom. The Labute approximate surface area is 270 Å². The molecule has 4 atom stereocenters. The lowest BCUT2D eigenvalue weighted by molar-refractivity contribution is -0.157. The summed E-state index contributed by atoms with van der Waals surface area (Å²) in [6.07, 6.45) is 4.19. The van der Waals surface area contributed by atoms with Gasteiger partial charge >= 0.3 is 11.9 Å². The number of benzene rings is 1. The van der Waals surface area contributed by atoms with Crippen molar-refractivity contribution in [1.29, 1.82) is 0 Å². The van der Waals surface area contributed by atoms with Crippen LogP contribution in [-0.2, 0) is 33.4 Å². The van der Waals surface area contributed by atoms with Crippen LogP contribution in [0.3, 0.4) is 0 Å². The molecule has 1 aliphatic heterocycles. The van der Waals surface area contributed by atoms with Crippen LogP contribution in [0.15, 0.2) is 36.4 Å². The normalized spacial score (nSPS) is 19.0. The molecule has 3 N–H and O–H groups in total. The summed E-state index contributed by atoms with van der Waals surface area (Å²) in [7, 11) is 1.29. The maximum absolute atomic E-state index is 13.4. The second kappa shape index (κ2) is 14.8. The molecule has 250 valence electrons. The van der Waals surface area contributed by atoms with Crippen LogP contribution in [0.25, 0.3) is 17.0 Å². The standard InChI is InChI=1S/C34H47N5O7/c1-20(2)28(29(41)35-21(3)30(42)39-18-10-16-34(8,38-39)32(44)45-9)37-31(43)33(6,7)17-15-24-11-12-25-13-14-26(36-27(25)19-24)22(4)46-23(5)40/h11-15,17,19-22,28,38H,10,16,18H2,1-9H3,(H,35,41)(H,37,43)/t21-,22+,28-,34?/m0/s1. The molecule has 1 saturated heterocycles. The average Bonchev–Trinajstić information content (AvgIpc) is 3.00. The van der Waals surface area contributed by atoms with Crippen LogP contribution in [0, 0.1) is 11.3 Å². The molecule has 0 bridgehead atoms. The third-order valence-corrected chi connectivity index (χ3v) is 8.08. The quantitative estimate of drug-likeness (QED) is 0.313. The molecule has 3 rings (SSSR count). The van der Waals surface area contributed by atoms with E-state index in [0.29, 0.717) is 25.1 Å². The van der Waals surface area contributed by atoms with Crippen LogP contribution in [0.4, 0.5) is 0 Å². The molecule has 1 unspecified atom stereocenters. The molecule has 12 heteroatoms. The highest BCUT2D eigenvalue weighted by Gasteiger charge is 2.41. The number of esters is 2. The molecule has 12 nitrogen and oxygen atoms in total. The molecule has 0 spiro atoms. The average molecular weight is 638 g/mol. The molecular weight excluding hydrogens is 590 g/mol. The number of hydrazine groups is 1. The van der Waals surface area contributed by atoms with Gasteiger partial charge in [-0.05, 0) is 71.1 Å². The lowest BCUT2D eigenvalue weighted by Gasteiger charge is -2.40. The third kappa shape index (κ3) is 8.90. The molecule has 1 aromatic heterocycles. The maximum Gasteiger partial charge on any atom is 0.327 e. The molecule has 2 aromatic rings. The lowest BCUT2D eigenvalue weighted by Crippen LogP contribution is -2.65. The summed E-state index contributed by atoms with van der Waals surface area (Å²) in [5.74, 6) is -2.38. The summed E-state index contributed by atoms with van der Waals surface area (Å²) in [5.41, 5.74) is 3.08. The highest BCUT2D eigenvalue weighted by Crippen LogP contribution is 2.24. The van der Waals surface area contributed by atoms with Crippen molar-refractivity contribution in [1.82, 2.24) is 26.1 Å². The van der Waals surface area contributed by atoms with Crippen molar-refractivity contribution in [3.63, 3.8) is 0 Å². The van der Waals surface area contributed by atoms with Gasteiger partial charge in [0.05, 0.1) is 23.7 Å². The first-order valence-electron chi connectivity index (χ1n) is 15.5. The van der Waals surface area contributed by atoms with Gasteiger partial charge in [-0.2, -0.15) is 0 Å². The number of methoxy groups -OCH3 is 1. The number of rotatable bonds is 11. The van der Waals surface area contributed by atoms with Crippen molar-refractivity contribution in [2.45, 2.75) is 92.0 Å². The van der Waals surface area contributed by atoms with E-state index in [2.05, 4.69) is 21.0 Å². The van der Waals surface area contributed by atoms with Gasteiger partial charge in [-0.1, -0.05) is 44.2 Å². The van der Waals surface area contributed by atoms with E-state index < -0.39 is 46.9 Å². The summed E-state index contributed by atoms with van der Waals surface area (Å²) >= 11 is 0. The number of nitrogens with one attached hydrogen (secondary N) is 3. The van der Waals surface area contributed by atoms with Crippen molar-refractivity contribution < 1.29 is 33.4 Å². The Kier molecular flexibility index (Phi) is 11.7. The summed E-state index contributed by atoms with van der Waals surface area (Å²) in [5, 5.41) is 7.85. The van der Waals surface area contributed by atoms with E-state index in [4.69, 9.17) is 9.47 Å². The number of hydrogen-bond donors (Lipinski definition) is 3. The second-order valence-electron chi connectivity index (χ2n) is 12.9. The Hall–Kier alpha value is -4.32. The number of amides is 3. The molecular formula is C34H47N5O7. The largest absolute Gasteiger partial charge is 0.468 e. The van der Waals surface area contributed by atoms with E-state index in [1.54, 1.807) is 40.7 Å². The fourth-order valence-electron chi connectivity index (χ4n) is 5.17. The smallest absolute Gasteiger partial charge is 0.327 e. The fraction of sp³-hybridized carbons (Fsp3) is 0.529.